The van der Waals surface area contributed by atoms with E-state index < -0.39 is 0 Å². The molecule has 0 aromatic carbocycles. The predicted molar refractivity (Wildman–Crippen MR) is 85.3 cm³/mol. The second kappa shape index (κ2) is 7.48. The molecule has 0 atom stereocenters. The van der Waals surface area contributed by atoms with Crippen molar-refractivity contribution < 1.29 is 4.52 Å². The molecular formula is C16H28N4O. The van der Waals surface area contributed by atoms with Crippen molar-refractivity contribution in [3.8, 4) is 0 Å². The molecule has 21 heavy (non-hydrogen) atoms. The fraction of sp³-hybridized carbons (Fsp3) is 0.750. The number of nitrogens with one attached hydrogen (secondary N) is 2. The molecule has 0 aliphatic heterocycles. The topological polar surface area (TPSA) is 62.5 Å². The lowest BCUT2D eigenvalue weighted by molar-refractivity contribution is 0.328. The second-order valence-corrected chi connectivity index (χ2v) is 6.40. The Morgan fingerprint density at radius 2 is 2.10 bits per heavy atom. The van der Waals surface area contributed by atoms with E-state index in [4.69, 9.17) is 4.52 Å². The van der Waals surface area contributed by atoms with Gasteiger partial charge < -0.3 is 15.2 Å². The minimum atomic E-state index is 0.393. The second-order valence-electron chi connectivity index (χ2n) is 6.40. The molecule has 118 valence electrons. The van der Waals surface area contributed by atoms with Crippen LogP contribution in [-0.2, 0) is 6.54 Å². The van der Waals surface area contributed by atoms with E-state index >= 15 is 0 Å². The van der Waals surface area contributed by atoms with Crippen LogP contribution in [-0.4, -0.2) is 24.2 Å². The van der Waals surface area contributed by atoms with Gasteiger partial charge in [-0.15, -0.1) is 0 Å². The molecule has 1 aromatic heterocycles. The molecule has 1 aliphatic carbocycles. The van der Waals surface area contributed by atoms with Crippen LogP contribution >= 0.6 is 0 Å². The summed E-state index contributed by atoms with van der Waals surface area (Å²) >= 11 is 0. The van der Waals surface area contributed by atoms with Gasteiger partial charge in [0.15, 0.2) is 11.7 Å². The molecule has 5 nitrogen and oxygen atoms in total. The highest BCUT2D eigenvalue weighted by Crippen LogP contribution is 2.23. The van der Waals surface area contributed by atoms with E-state index in [-0.39, 0.29) is 0 Å². The molecule has 1 heterocycles. The smallest absolute Gasteiger partial charge is 0.191 e. The predicted octanol–water partition coefficient (Wildman–Crippen LogP) is 3.04. The van der Waals surface area contributed by atoms with Crippen molar-refractivity contribution in [2.45, 2.75) is 65.0 Å². The van der Waals surface area contributed by atoms with Crippen molar-refractivity contribution in [2.75, 3.05) is 7.05 Å². The third-order valence-electron chi connectivity index (χ3n) is 4.18. The SMILES string of the molecule is CN=C(NCc1cc(C(C)C)no1)NC1CCC(C)CC1. The van der Waals surface area contributed by atoms with E-state index in [9.17, 15) is 0 Å². The van der Waals surface area contributed by atoms with Crippen molar-refractivity contribution >= 4 is 5.96 Å². The quantitative estimate of drug-likeness (QED) is 0.661. The molecular weight excluding hydrogens is 264 g/mol. The summed E-state index contributed by atoms with van der Waals surface area (Å²) in [6.07, 6.45) is 5.05. The molecule has 0 amide bonds. The number of aromatic nitrogens is 1. The largest absolute Gasteiger partial charge is 0.359 e. The molecule has 1 aromatic rings. The van der Waals surface area contributed by atoms with E-state index in [1.54, 1.807) is 7.05 Å². The van der Waals surface area contributed by atoms with Gasteiger partial charge in [0, 0.05) is 19.2 Å². The summed E-state index contributed by atoms with van der Waals surface area (Å²) in [5.74, 6) is 2.95. The highest BCUT2D eigenvalue weighted by molar-refractivity contribution is 5.79. The highest BCUT2D eigenvalue weighted by atomic mass is 16.5. The zero-order valence-electron chi connectivity index (χ0n) is 13.6. The van der Waals surface area contributed by atoms with Crippen molar-refractivity contribution in [1.82, 2.24) is 15.8 Å². The van der Waals surface area contributed by atoms with Crippen LogP contribution in [0.3, 0.4) is 0 Å². The molecule has 0 spiro atoms. The maximum atomic E-state index is 5.33. The number of guanidine groups is 1. The zero-order chi connectivity index (χ0) is 15.2. The molecule has 2 N–H and O–H groups in total. The Hall–Kier alpha value is -1.52. The Kier molecular flexibility index (Phi) is 5.65. The van der Waals surface area contributed by atoms with E-state index in [1.165, 1.54) is 25.7 Å². The van der Waals surface area contributed by atoms with Crippen LogP contribution < -0.4 is 10.6 Å². The van der Waals surface area contributed by atoms with Crippen LogP contribution in [0.25, 0.3) is 0 Å². The van der Waals surface area contributed by atoms with Gasteiger partial charge in [0.05, 0.1) is 12.2 Å². The molecule has 0 bridgehead atoms. The lowest BCUT2D eigenvalue weighted by Crippen LogP contribution is -2.44. The third kappa shape index (κ3) is 4.76. The van der Waals surface area contributed by atoms with Gasteiger partial charge in [-0.3, -0.25) is 4.99 Å². The minimum absolute atomic E-state index is 0.393. The van der Waals surface area contributed by atoms with E-state index in [2.05, 4.69) is 41.6 Å². The summed E-state index contributed by atoms with van der Waals surface area (Å²) in [5, 5.41) is 10.9. The van der Waals surface area contributed by atoms with Gasteiger partial charge in [0.25, 0.3) is 0 Å². The van der Waals surface area contributed by atoms with Crippen LogP contribution in [0.15, 0.2) is 15.6 Å². The van der Waals surface area contributed by atoms with Gasteiger partial charge in [0.1, 0.15) is 0 Å². The first kappa shape index (κ1) is 15.9. The number of rotatable bonds is 4. The van der Waals surface area contributed by atoms with Gasteiger partial charge in [-0.1, -0.05) is 25.9 Å². The fourth-order valence-electron chi connectivity index (χ4n) is 2.65. The van der Waals surface area contributed by atoms with Gasteiger partial charge in [-0.25, -0.2) is 0 Å². The van der Waals surface area contributed by atoms with Gasteiger partial charge >= 0.3 is 0 Å². The van der Waals surface area contributed by atoms with E-state index in [1.807, 2.05) is 6.07 Å². The first-order chi connectivity index (χ1) is 10.1. The Labute approximate surface area is 127 Å². The number of hydrogen-bond acceptors (Lipinski definition) is 3. The van der Waals surface area contributed by atoms with Gasteiger partial charge in [0.2, 0.25) is 0 Å². The average molecular weight is 292 g/mol. The summed E-state index contributed by atoms with van der Waals surface area (Å²) < 4.78 is 5.33. The van der Waals surface area contributed by atoms with Gasteiger partial charge in [-0.05, 0) is 37.5 Å². The summed E-state index contributed by atoms with van der Waals surface area (Å²) in [4.78, 5) is 4.29. The van der Waals surface area contributed by atoms with E-state index in [0.29, 0.717) is 18.5 Å². The highest BCUT2D eigenvalue weighted by Gasteiger charge is 2.19. The standard InChI is InChI=1S/C16H28N4O/c1-11(2)15-9-14(21-20-15)10-18-16(17-4)19-13-7-5-12(3)6-8-13/h9,11-13H,5-8,10H2,1-4H3,(H2,17,18,19). The molecule has 0 unspecified atom stereocenters. The van der Waals surface area contributed by atoms with Crippen LogP contribution in [0.1, 0.15) is 63.8 Å². The van der Waals surface area contributed by atoms with Crippen molar-refractivity contribution in [1.29, 1.82) is 0 Å². The fourth-order valence-corrected chi connectivity index (χ4v) is 2.65. The molecule has 1 saturated carbocycles. The summed E-state index contributed by atoms with van der Waals surface area (Å²) in [6, 6.07) is 2.54. The normalized spacial score (nSPS) is 23.4. The molecule has 5 heteroatoms. The van der Waals surface area contributed by atoms with Crippen molar-refractivity contribution in [3.05, 3.63) is 17.5 Å². The Bertz CT molecular complexity index is 459. The zero-order valence-corrected chi connectivity index (χ0v) is 13.6. The molecule has 1 fully saturated rings. The number of aliphatic imine (C=N–C) groups is 1. The molecule has 0 saturated heterocycles. The number of nitrogens with zero attached hydrogens (tertiary/aromatic N) is 2. The van der Waals surface area contributed by atoms with Crippen LogP contribution in [0.5, 0.6) is 0 Å². The Balaban J connectivity index is 1.79. The maximum absolute atomic E-state index is 5.33. The van der Waals surface area contributed by atoms with Crippen LogP contribution in [0, 0.1) is 5.92 Å². The third-order valence-corrected chi connectivity index (χ3v) is 4.18. The van der Waals surface area contributed by atoms with Crippen LogP contribution in [0.4, 0.5) is 0 Å². The lowest BCUT2D eigenvalue weighted by Gasteiger charge is -2.28. The molecule has 0 radical (unpaired) electrons. The monoisotopic (exact) mass is 292 g/mol. The summed E-state index contributed by atoms with van der Waals surface area (Å²) in [5.41, 5.74) is 0.996. The van der Waals surface area contributed by atoms with Crippen molar-refractivity contribution in [3.63, 3.8) is 0 Å². The number of hydrogen-bond donors (Lipinski definition) is 2. The van der Waals surface area contributed by atoms with E-state index in [0.717, 1.165) is 23.3 Å². The Morgan fingerprint density at radius 3 is 2.67 bits per heavy atom. The first-order valence-electron chi connectivity index (χ1n) is 8.01. The lowest BCUT2D eigenvalue weighted by atomic mass is 9.87. The summed E-state index contributed by atoms with van der Waals surface area (Å²) in [6.45, 7) is 7.17. The van der Waals surface area contributed by atoms with Crippen molar-refractivity contribution in [2.24, 2.45) is 10.9 Å². The molecule has 1 aliphatic rings. The molecule has 2 rings (SSSR count). The Morgan fingerprint density at radius 1 is 1.38 bits per heavy atom. The average Bonchev–Trinajstić information content (AvgIpc) is 2.94. The minimum Gasteiger partial charge on any atom is -0.359 e. The summed E-state index contributed by atoms with van der Waals surface area (Å²) in [7, 11) is 1.81. The first-order valence-corrected chi connectivity index (χ1v) is 8.01. The maximum Gasteiger partial charge on any atom is 0.191 e. The van der Waals surface area contributed by atoms with Crippen LogP contribution in [0.2, 0.25) is 0 Å². The van der Waals surface area contributed by atoms with Gasteiger partial charge in [-0.2, -0.15) is 0 Å².